The van der Waals surface area contributed by atoms with Gasteiger partial charge < -0.3 is 15.4 Å². The van der Waals surface area contributed by atoms with Gasteiger partial charge in [-0.3, -0.25) is 9.59 Å². The monoisotopic (exact) mass is 380 g/mol. The highest BCUT2D eigenvalue weighted by Gasteiger charge is 2.26. The Balaban J connectivity index is 2.27. The molecule has 0 radical (unpaired) electrons. The maximum absolute atomic E-state index is 12.3. The average molecular weight is 380 g/mol. The van der Waals surface area contributed by atoms with E-state index in [1.165, 1.54) is 18.4 Å². The van der Waals surface area contributed by atoms with Crippen molar-refractivity contribution in [1.82, 2.24) is 5.32 Å². The van der Waals surface area contributed by atoms with Crippen molar-refractivity contribution >= 4 is 45.5 Å². The fourth-order valence-electron chi connectivity index (χ4n) is 2.23. The topological polar surface area (TPSA) is 84.5 Å². The third-order valence-corrected chi connectivity index (χ3v) is 5.53. The molecule has 0 aromatic carbocycles. The zero-order chi connectivity index (χ0) is 18.4. The van der Waals surface area contributed by atoms with Gasteiger partial charge in [0.25, 0.3) is 5.91 Å². The summed E-state index contributed by atoms with van der Waals surface area (Å²) in [5.41, 5.74) is 0.741. The number of rotatable bonds is 7. The summed E-state index contributed by atoms with van der Waals surface area (Å²) in [5, 5.41) is 7.76. The first-order chi connectivity index (χ1) is 12.0. The first-order valence-corrected chi connectivity index (χ1v) is 9.49. The minimum Gasteiger partial charge on any atom is -0.465 e. The molecule has 8 heteroatoms. The van der Waals surface area contributed by atoms with E-state index in [4.69, 9.17) is 4.74 Å². The second-order valence-corrected chi connectivity index (χ2v) is 7.36. The minimum absolute atomic E-state index is 0.215. The van der Waals surface area contributed by atoms with Gasteiger partial charge >= 0.3 is 5.97 Å². The molecule has 25 heavy (non-hydrogen) atoms. The maximum Gasteiger partial charge on any atom is 0.341 e. The van der Waals surface area contributed by atoms with Gasteiger partial charge in [0.1, 0.15) is 5.00 Å². The lowest BCUT2D eigenvalue weighted by Crippen LogP contribution is -2.23. The summed E-state index contributed by atoms with van der Waals surface area (Å²) in [6, 6.07) is 3.74. The van der Waals surface area contributed by atoms with Crippen LogP contribution in [-0.2, 0) is 16.0 Å². The molecule has 0 aliphatic heterocycles. The zero-order valence-electron chi connectivity index (χ0n) is 14.3. The van der Waals surface area contributed by atoms with Gasteiger partial charge in [-0.1, -0.05) is 13.0 Å². The lowest BCUT2D eigenvalue weighted by atomic mass is 10.1. The van der Waals surface area contributed by atoms with Crippen LogP contribution in [0.1, 0.15) is 43.8 Å². The van der Waals surface area contributed by atoms with E-state index in [1.807, 2.05) is 24.4 Å². The summed E-state index contributed by atoms with van der Waals surface area (Å²) in [5.74, 6) is -1.07. The molecule has 2 aromatic rings. The number of carbonyl (C=O) groups excluding carboxylic acids is 3. The largest absolute Gasteiger partial charge is 0.465 e. The zero-order valence-corrected chi connectivity index (χ0v) is 15.9. The van der Waals surface area contributed by atoms with Crippen LogP contribution in [0.2, 0.25) is 0 Å². The maximum atomic E-state index is 12.3. The summed E-state index contributed by atoms with van der Waals surface area (Å²) >= 11 is 2.57. The lowest BCUT2D eigenvalue weighted by Gasteiger charge is -2.05. The van der Waals surface area contributed by atoms with E-state index in [9.17, 15) is 14.4 Å². The molecular formula is C17H20N2O4S2. The van der Waals surface area contributed by atoms with E-state index < -0.39 is 5.97 Å². The summed E-state index contributed by atoms with van der Waals surface area (Å²) in [4.78, 5) is 38.0. The number of hydrogen-bond donors (Lipinski definition) is 2. The molecule has 0 spiro atoms. The van der Waals surface area contributed by atoms with Crippen molar-refractivity contribution in [3.05, 3.63) is 38.4 Å². The van der Waals surface area contributed by atoms with Gasteiger partial charge in [0, 0.05) is 11.4 Å². The summed E-state index contributed by atoms with van der Waals surface area (Å²) in [6.07, 6.45) is 1.02. The van der Waals surface area contributed by atoms with Crippen LogP contribution in [-0.4, -0.2) is 31.4 Å². The van der Waals surface area contributed by atoms with Crippen molar-refractivity contribution in [3.63, 3.8) is 0 Å². The Morgan fingerprint density at radius 2 is 2.04 bits per heavy atom. The van der Waals surface area contributed by atoms with Gasteiger partial charge in [0.05, 0.1) is 24.0 Å². The number of esters is 1. The Labute approximate surface area is 154 Å². The Morgan fingerprint density at radius 1 is 1.28 bits per heavy atom. The van der Waals surface area contributed by atoms with Crippen LogP contribution in [0.3, 0.4) is 0 Å². The molecule has 0 saturated heterocycles. The third-order valence-electron chi connectivity index (χ3n) is 3.45. The number of thiophene rings is 2. The molecule has 2 amide bonds. The van der Waals surface area contributed by atoms with Crippen molar-refractivity contribution < 1.29 is 19.1 Å². The van der Waals surface area contributed by atoms with Crippen LogP contribution in [0, 0.1) is 6.92 Å². The number of hydrogen-bond acceptors (Lipinski definition) is 6. The normalized spacial score (nSPS) is 10.4. The highest BCUT2D eigenvalue weighted by Crippen LogP contribution is 2.33. The molecule has 2 aromatic heterocycles. The molecule has 0 aliphatic carbocycles. The number of methoxy groups -OCH3 is 1. The number of carbonyl (C=O) groups is 3. The van der Waals surface area contributed by atoms with E-state index in [1.54, 1.807) is 6.92 Å². The van der Waals surface area contributed by atoms with Crippen molar-refractivity contribution in [2.24, 2.45) is 0 Å². The quantitative estimate of drug-likeness (QED) is 0.722. The standard InChI is InChI=1S/C17H20N2O4S2/c1-4-7-18-15(21)14-10(2)13(17(22)23-3)16(25-14)19-12(20)9-11-6-5-8-24-11/h5-6,8H,4,7,9H2,1-3H3,(H,18,21)(H,19,20). The molecule has 0 bridgehead atoms. The highest BCUT2D eigenvalue weighted by molar-refractivity contribution is 7.18. The Hall–Kier alpha value is -2.19. The Bertz CT molecular complexity index is 766. The molecule has 134 valence electrons. The molecule has 0 aliphatic rings. The van der Waals surface area contributed by atoms with Crippen molar-refractivity contribution in [2.75, 3.05) is 19.0 Å². The second-order valence-electron chi connectivity index (χ2n) is 5.31. The number of amides is 2. The average Bonchev–Trinajstić information content (AvgIpc) is 3.20. The Morgan fingerprint density at radius 3 is 2.64 bits per heavy atom. The first-order valence-electron chi connectivity index (χ1n) is 7.80. The first kappa shape index (κ1) is 19.1. The van der Waals surface area contributed by atoms with Gasteiger partial charge in [0.15, 0.2) is 0 Å². The number of nitrogens with one attached hydrogen (secondary N) is 2. The molecule has 2 heterocycles. The van der Waals surface area contributed by atoms with Crippen LogP contribution in [0.4, 0.5) is 5.00 Å². The number of ether oxygens (including phenoxy) is 1. The van der Waals surface area contributed by atoms with Crippen molar-refractivity contribution in [1.29, 1.82) is 0 Å². The lowest BCUT2D eigenvalue weighted by molar-refractivity contribution is -0.115. The van der Waals surface area contributed by atoms with E-state index in [2.05, 4.69) is 10.6 Å². The van der Waals surface area contributed by atoms with E-state index >= 15 is 0 Å². The van der Waals surface area contributed by atoms with Gasteiger partial charge in [-0.2, -0.15) is 0 Å². The second kappa shape index (κ2) is 8.77. The predicted molar refractivity (Wildman–Crippen MR) is 99.7 cm³/mol. The molecule has 6 nitrogen and oxygen atoms in total. The smallest absolute Gasteiger partial charge is 0.341 e. The van der Waals surface area contributed by atoms with Crippen molar-refractivity contribution in [2.45, 2.75) is 26.7 Å². The molecule has 2 rings (SSSR count). The van der Waals surface area contributed by atoms with Crippen LogP contribution >= 0.6 is 22.7 Å². The number of anilines is 1. The van der Waals surface area contributed by atoms with Gasteiger partial charge in [-0.25, -0.2) is 4.79 Å². The van der Waals surface area contributed by atoms with Crippen molar-refractivity contribution in [3.8, 4) is 0 Å². The summed E-state index contributed by atoms with van der Waals surface area (Å²) in [6.45, 7) is 4.18. The van der Waals surface area contributed by atoms with E-state index in [-0.39, 0.29) is 23.8 Å². The minimum atomic E-state index is -0.574. The van der Waals surface area contributed by atoms with Gasteiger partial charge in [0.2, 0.25) is 5.91 Å². The van der Waals surface area contributed by atoms with E-state index in [0.717, 1.165) is 22.6 Å². The molecule has 0 unspecified atom stereocenters. The molecule has 0 fully saturated rings. The third kappa shape index (κ3) is 4.67. The van der Waals surface area contributed by atoms with Crippen LogP contribution in [0.15, 0.2) is 17.5 Å². The van der Waals surface area contributed by atoms with Gasteiger partial charge in [-0.15, -0.1) is 22.7 Å². The summed E-state index contributed by atoms with van der Waals surface area (Å²) in [7, 11) is 1.27. The van der Waals surface area contributed by atoms with Gasteiger partial charge in [-0.05, 0) is 30.4 Å². The highest BCUT2D eigenvalue weighted by atomic mass is 32.1. The fraction of sp³-hybridized carbons (Fsp3) is 0.353. The van der Waals surface area contributed by atoms with Crippen LogP contribution < -0.4 is 10.6 Å². The van der Waals surface area contributed by atoms with Crippen LogP contribution in [0.25, 0.3) is 0 Å². The predicted octanol–water partition coefficient (Wildman–Crippen LogP) is 3.23. The molecule has 0 saturated carbocycles. The summed E-state index contributed by atoms with van der Waals surface area (Å²) < 4.78 is 4.81. The molecule has 2 N–H and O–H groups in total. The fourth-order valence-corrected chi connectivity index (χ4v) is 4.06. The van der Waals surface area contributed by atoms with Crippen LogP contribution in [0.5, 0.6) is 0 Å². The Kier molecular flexibility index (Phi) is 6.72. The van der Waals surface area contributed by atoms with E-state index in [0.29, 0.717) is 22.0 Å². The SMILES string of the molecule is CCCNC(=O)c1sc(NC(=O)Cc2cccs2)c(C(=O)OC)c1C. The molecule has 0 atom stereocenters. The molecular weight excluding hydrogens is 360 g/mol.